The second kappa shape index (κ2) is 10.2. The largest absolute Gasteiger partial charge is 0.343 e. The number of hydrogen-bond acceptors (Lipinski definition) is 2. The maximum Gasteiger partial charge on any atom is 0.222 e. The summed E-state index contributed by atoms with van der Waals surface area (Å²) in [5, 5.41) is 0. The molecule has 3 heteroatoms. The van der Waals surface area contributed by atoms with E-state index in [1.807, 2.05) is 0 Å². The Bertz CT molecular complexity index is 243. The van der Waals surface area contributed by atoms with E-state index in [0.717, 1.165) is 51.2 Å². The number of unbranched alkanes of at least 4 members (excludes halogenated alkanes) is 3. The molecule has 0 aromatic heterocycles. The van der Waals surface area contributed by atoms with E-state index in [0.29, 0.717) is 5.91 Å². The number of amides is 1. The van der Waals surface area contributed by atoms with Crippen molar-refractivity contribution in [2.45, 2.75) is 71.1 Å². The van der Waals surface area contributed by atoms with E-state index in [4.69, 9.17) is 5.73 Å². The Labute approximate surface area is 118 Å². The molecule has 1 aliphatic heterocycles. The van der Waals surface area contributed by atoms with E-state index in [-0.39, 0.29) is 0 Å². The Hall–Kier alpha value is -0.570. The predicted molar refractivity (Wildman–Crippen MR) is 81.0 cm³/mol. The summed E-state index contributed by atoms with van der Waals surface area (Å²) in [4.78, 5) is 14.3. The second-order valence-electron chi connectivity index (χ2n) is 5.92. The van der Waals surface area contributed by atoms with Gasteiger partial charge in [0.05, 0.1) is 0 Å². The van der Waals surface area contributed by atoms with E-state index >= 15 is 0 Å². The zero-order valence-electron chi connectivity index (χ0n) is 12.7. The highest BCUT2D eigenvalue weighted by Crippen LogP contribution is 2.22. The van der Waals surface area contributed by atoms with E-state index in [2.05, 4.69) is 11.8 Å². The molecule has 0 aromatic rings. The molecule has 112 valence electrons. The minimum absolute atomic E-state index is 0.380. The quantitative estimate of drug-likeness (QED) is 0.686. The zero-order chi connectivity index (χ0) is 13.9. The second-order valence-corrected chi connectivity index (χ2v) is 5.92. The van der Waals surface area contributed by atoms with Crippen LogP contribution in [0.2, 0.25) is 0 Å². The first-order valence-electron chi connectivity index (χ1n) is 8.25. The molecular weight excluding hydrogens is 236 g/mol. The number of carbonyl (C=O) groups excluding carboxylic acids is 1. The van der Waals surface area contributed by atoms with E-state index < -0.39 is 0 Å². The van der Waals surface area contributed by atoms with Crippen LogP contribution in [0.25, 0.3) is 0 Å². The molecule has 1 aliphatic rings. The van der Waals surface area contributed by atoms with Crippen molar-refractivity contribution < 1.29 is 4.79 Å². The molecule has 1 unspecified atom stereocenters. The first-order chi connectivity index (χ1) is 9.27. The molecule has 0 aliphatic carbocycles. The molecule has 3 nitrogen and oxygen atoms in total. The van der Waals surface area contributed by atoms with Crippen LogP contribution in [0.3, 0.4) is 0 Å². The van der Waals surface area contributed by atoms with Gasteiger partial charge >= 0.3 is 0 Å². The van der Waals surface area contributed by atoms with E-state index in [1.54, 1.807) is 0 Å². The lowest BCUT2D eigenvalue weighted by Gasteiger charge is -2.20. The fourth-order valence-electron chi connectivity index (χ4n) is 3.04. The third-order valence-corrected chi connectivity index (χ3v) is 4.24. The van der Waals surface area contributed by atoms with Crippen molar-refractivity contribution in [1.82, 2.24) is 4.90 Å². The maximum atomic E-state index is 12.1. The lowest BCUT2D eigenvalue weighted by Crippen LogP contribution is -2.31. The Morgan fingerprint density at radius 3 is 2.68 bits per heavy atom. The number of nitrogens with zero attached hydrogens (tertiary/aromatic N) is 1. The van der Waals surface area contributed by atoms with Gasteiger partial charge in [0.2, 0.25) is 5.91 Å². The summed E-state index contributed by atoms with van der Waals surface area (Å²) in [6, 6.07) is 0. The van der Waals surface area contributed by atoms with Crippen molar-refractivity contribution >= 4 is 5.91 Å². The number of rotatable bonds is 8. The lowest BCUT2D eigenvalue weighted by atomic mass is 9.96. The van der Waals surface area contributed by atoms with Crippen molar-refractivity contribution in [3.8, 4) is 0 Å². The SMILES string of the molecule is CCCC1CCCN(C(=O)CCCCCCN)CC1. The van der Waals surface area contributed by atoms with Gasteiger partial charge in [-0.15, -0.1) is 0 Å². The highest BCUT2D eigenvalue weighted by Gasteiger charge is 2.19. The molecule has 1 saturated heterocycles. The predicted octanol–water partition coefficient (Wildman–Crippen LogP) is 3.32. The van der Waals surface area contributed by atoms with Crippen molar-refractivity contribution in [3.63, 3.8) is 0 Å². The summed E-state index contributed by atoms with van der Waals surface area (Å²) < 4.78 is 0. The number of nitrogens with two attached hydrogens (primary N) is 1. The average Bonchev–Trinajstić information content (AvgIpc) is 2.64. The van der Waals surface area contributed by atoms with Crippen molar-refractivity contribution in [3.05, 3.63) is 0 Å². The standard InChI is InChI=1S/C16H32N2O/c1-2-8-15-9-7-13-18(14-11-15)16(19)10-5-3-4-6-12-17/h15H,2-14,17H2,1H3. The third-order valence-electron chi connectivity index (χ3n) is 4.24. The van der Waals surface area contributed by atoms with Gasteiger partial charge in [-0.25, -0.2) is 0 Å². The van der Waals surface area contributed by atoms with Crippen molar-refractivity contribution in [2.75, 3.05) is 19.6 Å². The van der Waals surface area contributed by atoms with Gasteiger partial charge in [-0.1, -0.05) is 32.6 Å². The van der Waals surface area contributed by atoms with Gasteiger partial charge in [-0.3, -0.25) is 4.79 Å². The molecular formula is C16H32N2O. The van der Waals surface area contributed by atoms with Crippen LogP contribution < -0.4 is 5.73 Å². The van der Waals surface area contributed by atoms with Crippen LogP contribution in [0.15, 0.2) is 0 Å². The number of hydrogen-bond donors (Lipinski definition) is 1. The minimum Gasteiger partial charge on any atom is -0.343 e. The Kier molecular flexibility index (Phi) is 8.89. The number of carbonyl (C=O) groups is 1. The van der Waals surface area contributed by atoms with Crippen LogP contribution in [0.4, 0.5) is 0 Å². The molecule has 1 fully saturated rings. The summed E-state index contributed by atoms with van der Waals surface area (Å²) in [5.41, 5.74) is 5.47. The molecule has 1 heterocycles. The van der Waals surface area contributed by atoms with Crippen LogP contribution in [0, 0.1) is 5.92 Å². The van der Waals surface area contributed by atoms with Gasteiger partial charge < -0.3 is 10.6 Å². The molecule has 0 bridgehead atoms. The van der Waals surface area contributed by atoms with E-state index in [9.17, 15) is 4.79 Å². The highest BCUT2D eigenvalue weighted by atomic mass is 16.2. The fraction of sp³-hybridized carbons (Fsp3) is 0.938. The molecule has 2 N–H and O–H groups in total. The zero-order valence-corrected chi connectivity index (χ0v) is 12.7. The van der Waals surface area contributed by atoms with Crippen LogP contribution in [0.1, 0.15) is 71.1 Å². The van der Waals surface area contributed by atoms with Gasteiger partial charge in [0.25, 0.3) is 0 Å². The van der Waals surface area contributed by atoms with Crippen molar-refractivity contribution in [2.24, 2.45) is 11.7 Å². The number of likely N-dealkylation sites (tertiary alicyclic amines) is 1. The van der Waals surface area contributed by atoms with Gasteiger partial charge in [0.1, 0.15) is 0 Å². The first-order valence-corrected chi connectivity index (χ1v) is 8.25. The monoisotopic (exact) mass is 268 g/mol. The smallest absolute Gasteiger partial charge is 0.222 e. The summed E-state index contributed by atoms with van der Waals surface area (Å²) in [7, 11) is 0. The van der Waals surface area contributed by atoms with Crippen LogP contribution in [-0.2, 0) is 4.79 Å². The van der Waals surface area contributed by atoms with Crippen LogP contribution >= 0.6 is 0 Å². The molecule has 1 atom stereocenters. The van der Waals surface area contributed by atoms with Gasteiger partial charge in [0, 0.05) is 19.5 Å². The molecule has 0 saturated carbocycles. The van der Waals surface area contributed by atoms with Gasteiger partial charge in [-0.2, -0.15) is 0 Å². The van der Waals surface area contributed by atoms with Gasteiger partial charge in [0.15, 0.2) is 0 Å². The molecule has 19 heavy (non-hydrogen) atoms. The summed E-state index contributed by atoms with van der Waals surface area (Å²) in [6.45, 7) is 5.02. The first kappa shape index (κ1) is 16.5. The maximum absolute atomic E-state index is 12.1. The Morgan fingerprint density at radius 2 is 1.95 bits per heavy atom. The highest BCUT2D eigenvalue weighted by molar-refractivity contribution is 5.76. The third kappa shape index (κ3) is 6.95. The fourth-order valence-corrected chi connectivity index (χ4v) is 3.04. The molecule has 1 rings (SSSR count). The normalized spacial score (nSPS) is 20.3. The molecule has 0 spiro atoms. The Balaban J connectivity index is 2.17. The Morgan fingerprint density at radius 1 is 1.16 bits per heavy atom. The van der Waals surface area contributed by atoms with E-state index in [1.165, 1.54) is 38.5 Å². The average molecular weight is 268 g/mol. The van der Waals surface area contributed by atoms with Gasteiger partial charge in [-0.05, 0) is 44.6 Å². The lowest BCUT2D eigenvalue weighted by molar-refractivity contribution is -0.131. The summed E-state index contributed by atoms with van der Waals surface area (Å²) >= 11 is 0. The summed E-state index contributed by atoms with van der Waals surface area (Å²) in [6.07, 6.45) is 11.5. The van der Waals surface area contributed by atoms with Crippen LogP contribution in [0.5, 0.6) is 0 Å². The summed E-state index contributed by atoms with van der Waals surface area (Å²) in [5.74, 6) is 1.23. The van der Waals surface area contributed by atoms with Crippen LogP contribution in [-0.4, -0.2) is 30.4 Å². The minimum atomic E-state index is 0.380. The van der Waals surface area contributed by atoms with Crippen molar-refractivity contribution in [1.29, 1.82) is 0 Å². The topological polar surface area (TPSA) is 46.3 Å². The molecule has 0 radical (unpaired) electrons. The molecule has 0 aromatic carbocycles. The molecule has 1 amide bonds.